The van der Waals surface area contributed by atoms with Crippen LogP contribution in [0.2, 0.25) is 5.02 Å². The number of benzene rings is 1. The van der Waals surface area contributed by atoms with Crippen molar-refractivity contribution in [1.82, 2.24) is 0 Å². The number of epoxide rings is 1. The van der Waals surface area contributed by atoms with Crippen molar-refractivity contribution in [2.45, 2.75) is 6.10 Å². The minimum Gasteiger partial charge on any atom is -0.369 e. The van der Waals surface area contributed by atoms with E-state index in [1.54, 1.807) is 12.1 Å². The summed E-state index contributed by atoms with van der Waals surface area (Å²) in [5, 5.41) is 9.59. The van der Waals surface area contributed by atoms with Crippen molar-refractivity contribution in [1.29, 1.82) is 5.26 Å². The maximum Gasteiger partial charge on any atom is 0.101 e. The molecule has 1 heterocycles. The van der Waals surface area contributed by atoms with Crippen molar-refractivity contribution in [2.24, 2.45) is 0 Å². The van der Waals surface area contributed by atoms with Gasteiger partial charge in [0, 0.05) is 5.02 Å². The van der Waals surface area contributed by atoms with E-state index in [1.165, 1.54) is 0 Å². The predicted octanol–water partition coefficient (Wildman–Crippen LogP) is 2.65. The summed E-state index contributed by atoms with van der Waals surface area (Å²) in [7, 11) is 0. The van der Waals surface area contributed by atoms with E-state index in [0.29, 0.717) is 10.6 Å². The van der Waals surface area contributed by atoms with Crippen LogP contribution in [-0.4, -0.2) is 12.7 Å². The van der Waals surface area contributed by atoms with Gasteiger partial charge in [-0.15, -0.1) is 0 Å². The molecule has 2 rings (SSSR count). The third-order valence-corrected chi connectivity index (χ3v) is 2.24. The highest BCUT2D eigenvalue weighted by atomic mass is 35.5. The molecular formula is C11H8ClNO. The molecule has 1 saturated heterocycles. The van der Waals surface area contributed by atoms with E-state index in [1.807, 2.05) is 18.2 Å². The third-order valence-electron chi connectivity index (χ3n) is 1.99. The number of nitriles is 1. The van der Waals surface area contributed by atoms with E-state index in [0.717, 1.165) is 12.2 Å². The summed E-state index contributed by atoms with van der Waals surface area (Å²) in [5.74, 6) is 0. The van der Waals surface area contributed by atoms with E-state index in [9.17, 15) is 0 Å². The summed E-state index contributed by atoms with van der Waals surface area (Å²) in [6, 6.07) is 9.36. The lowest BCUT2D eigenvalue weighted by Crippen LogP contribution is -1.84. The zero-order valence-electron chi connectivity index (χ0n) is 7.40. The van der Waals surface area contributed by atoms with Gasteiger partial charge in [0.15, 0.2) is 0 Å². The molecule has 1 unspecified atom stereocenters. The fourth-order valence-electron chi connectivity index (χ4n) is 1.17. The molecule has 1 aliphatic rings. The molecule has 0 bridgehead atoms. The van der Waals surface area contributed by atoms with Crippen molar-refractivity contribution >= 4 is 17.2 Å². The Kier molecular flexibility index (Phi) is 2.53. The first-order valence-corrected chi connectivity index (χ1v) is 4.67. The lowest BCUT2D eigenvalue weighted by atomic mass is 10.1. The van der Waals surface area contributed by atoms with Crippen LogP contribution in [0.25, 0.3) is 5.57 Å². The zero-order valence-corrected chi connectivity index (χ0v) is 8.16. The summed E-state index contributed by atoms with van der Waals surface area (Å²) >= 11 is 5.75. The Morgan fingerprint density at radius 1 is 1.50 bits per heavy atom. The van der Waals surface area contributed by atoms with E-state index in [4.69, 9.17) is 21.6 Å². The van der Waals surface area contributed by atoms with Gasteiger partial charge in [-0.3, -0.25) is 0 Å². The van der Waals surface area contributed by atoms with Crippen molar-refractivity contribution in [3.05, 3.63) is 40.9 Å². The first-order chi connectivity index (χ1) is 6.79. The normalized spacial score (nSPS) is 20.3. The largest absolute Gasteiger partial charge is 0.369 e. The molecule has 0 amide bonds. The van der Waals surface area contributed by atoms with Crippen LogP contribution in [0.15, 0.2) is 30.3 Å². The van der Waals surface area contributed by atoms with E-state index in [2.05, 4.69) is 6.07 Å². The molecule has 0 spiro atoms. The molecule has 1 atom stereocenters. The third kappa shape index (κ3) is 2.14. The maximum atomic E-state index is 8.92. The molecule has 1 aliphatic heterocycles. The highest BCUT2D eigenvalue weighted by Crippen LogP contribution is 2.21. The average molecular weight is 206 g/mol. The number of ether oxygens (including phenoxy) is 1. The number of halogens is 1. The number of hydrogen-bond donors (Lipinski definition) is 0. The van der Waals surface area contributed by atoms with Crippen molar-refractivity contribution in [3.63, 3.8) is 0 Å². The molecule has 14 heavy (non-hydrogen) atoms. The first-order valence-electron chi connectivity index (χ1n) is 4.29. The second-order valence-electron chi connectivity index (χ2n) is 3.07. The number of nitrogens with zero attached hydrogens (tertiary/aromatic N) is 1. The summed E-state index contributed by atoms with van der Waals surface area (Å²) in [6.45, 7) is 0.721. The Balaban J connectivity index is 2.27. The molecule has 70 valence electrons. The van der Waals surface area contributed by atoms with Crippen LogP contribution in [0.5, 0.6) is 0 Å². The molecule has 0 aliphatic carbocycles. The van der Waals surface area contributed by atoms with Crippen LogP contribution < -0.4 is 0 Å². The fourth-order valence-corrected chi connectivity index (χ4v) is 1.29. The highest BCUT2D eigenvalue weighted by Gasteiger charge is 2.20. The first kappa shape index (κ1) is 9.26. The molecule has 0 N–H and O–H groups in total. The molecule has 1 aromatic carbocycles. The predicted molar refractivity (Wildman–Crippen MR) is 54.8 cm³/mol. The van der Waals surface area contributed by atoms with Crippen LogP contribution >= 0.6 is 11.6 Å². The van der Waals surface area contributed by atoms with Gasteiger partial charge in [0.2, 0.25) is 0 Å². The molecule has 1 aromatic rings. The van der Waals surface area contributed by atoms with Crippen molar-refractivity contribution < 1.29 is 4.74 Å². The van der Waals surface area contributed by atoms with Crippen LogP contribution in [0, 0.1) is 11.3 Å². The quantitative estimate of drug-likeness (QED) is 0.550. The van der Waals surface area contributed by atoms with Crippen LogP contribution in [0.1, 0.15) is 5.56 Å². The molecule has 0 aromatic heterocycles. The molecule has 1 fully saturated rings. The summed E-state index contributed by atoms with van der Waals surface area (Å²) in [6.07, 6.45) is 1.96. The molecular weight excluding hydrogens is 198 g/mol. The van der Waals surface area contributed by atoms with Gasteiger partial charge in [0.05, 0.1) is 18.2 Å². The molecule has 0 saturated carbocycles. The monoisotopic (exact) mass is 205 g/mol. The standard InChI is InChI=1S/C11H8ClNO/c12-10-3-1-8(2-4-10)9(6-13)5-11-7-14-11/h1-5,11H,7H2/b9-5-. The second kappa shape index (κ2) is 3.83. The van der Waals surface area contributed by atoms with Crippen LogP contribution in [0.4, 0.5) is 0 Å². The van der Waals surface area contributed by atoms with Gasteiger partial charge in [0.1, 0.15) is 6.10 Å². The number of allylic oxidation sites excluding steroid dienone is 1. The summed E-state index contributed by atoms with van der Waals surface area (Å²) in [4.78, 5) is 0. The second-order valence-corrected chi connectivity index (χ2v) is 3.51. The fraction of sp³-hybridized carbons (Fsp3) is 0.182. The Hall–Kier alpha value is -1.30. The van der Waals surface area contributed by atoms with E-state index >= 15 is 0 Å². The smallest absolute Gasteiger partial charge is 0.101 e. The minimum atomic E-state index is 0.125. The minimum absolute atomic E-state index is 0.125. The average Bonchev–Trinajstić information content (AvgIpc) is 3.00. The zero-order chi connectivity index (χ0) is 9.97. The Morgan fingerprint density at radius 2 is 2.14 bits per heavy atom. The van der Waals surface area contributed by atoms with Gasteiger partial charge >= 0.3 is 0 Å². The maximum absolute atomic E-state index is 8.92. The Morgan fingerprint density at radius 3 is 2.64 bits per heavy atom. The highest BCUT2D eigenvalue weighted by molar-refractivity contribution is 6.30. The van der Waals surface area contributed by atoms with Crippen molar-refractivity contribution in [3.8, 4) is 6.07 Å². The van der Waals surface area contributed by atoms with Gasteiger partial charge in [-0.05, 0) is 23.8 Å². The number of rotatable bonds is 2. The summed E-state index contributed by atoms with van der Waals surface area (Å²) < 4.78 is 5.03. The van der Waals surface area contributed by atoms with Crippen molar-refractivity contribution in [2.75, 3.05) is 6.61 Å². The van der Waals surface area contributed by atoms with Gasteiger partial charge in [-0.2, -0.15) is 5.26 Å². The van der Waals surface area contributed by atoms with E-state index in [-0.39, 0.29) is 6.10 Å². The van der Waals surface area contributed by atoms with Gasteiger partial charge < -0.3 is 4.74 Å². The lowest BCUT2D eigenvalue weighted by Gasteiger charge is -1.97. The van der Waals surface area contributed by atoms with Gasteiger partial charge in [-0.1, -0.05) is 23.7 Å². The molecule has 3 heteroatoms. The molecule has 2 nitrogen and oxygen atoms in total. The summed E-state index contributed by atoms with van der Waals surface area (Å²) in [5.41, 5.74) is 1.52. The van der Waals surface area contributed by atoms with Crippen LogP contribution in [-0.2, 0) is 4.74 Å². The Labute approximate surface area is 87.4 Å². The number of hydrogen-bond acceptors (Lipinski definition) is 2. The lowest BCUT2D eigenvalue weighted by molar-refractivity contribution is 0.440. The van der Waals surface area contributed by atoms with Gasteiger partial charge in [0.25, 0.3) is 0 Å². The topological polar surface area (TPSA) is 36.3 Å². The SMILES string of the molecule is N#C/C(=C/C1CO1)c1ccc(Cl)cc1. The van der Waals surface area contributed by atoms with Gasteiger partial charge in [-0.25, -0.2) is 0 Å². The van der Waals surface area contributed by atoms with Crippen LogP contribution in [0.3, 0.4) is 0 Å². The molecule has 0 radical (unpaired) electrons. The Bertz CT molecular complexity index is 398. The van der Waals surface area contributed by atoms with E-state index < -0.39 is 0 Å².